The zero-order valence-electron chi connectivity index (χ0n) is 14.1. The molecule has 0 aliphatic heterocycles. The second kappa shape index (κ2) is 7.47. The fourth-order valence-corrected chi connectivity index (χ4v) is 3.15. The van der Waals surface area contributed by atoms with Crippen LogP contribution >= 0.6 is 0 Å². The van der Waals surface area contributed by atoms with E-state index >= 15 is 0 Å². The summed E-state index contributed by atoms with van der Waals surface area (Å²) >= 11 is 0. The fourth-order valence-electron chi connectivity index (χ4n) is 3.15. The minimum Gasteiger partial charge on any atom is -0.466 e. The van der Waals surface area contributed by atoms with Crippen LogP contribution in [0.5, 0.6) is 0 Å². The second-order valence-corrected chi connectivity index (χ2v) is 5.43. The molecule has 0 bridgehead atoms. The second-order valence-electron chi connectivity index (χ2n) is 5.43. The Labute approximate surface area is 141 Å². The minimum absolute atomic E-state index is 0.108. The van der Waals surface area contributed by atoms with Crippen molar-refractivity contribution in [3.05, 3.63) is 35.9 Å². The van der Waals surface area contributed by atoms with Gasteiger partial charge in [0.05, 0.1) is 25.7 Å². The van der Waals surface area contributed by atoms with E-state index in [-0.39, 0.29) is 19.8 Å². The molecule has 1 saturated carbocycles. The predicted molar refractivity (Wildman–Crippen MR) is 85.0 cm³/mol. The van der Waals surface area contributed by atoms with E-state index in [0.717, 1.165) is 0 Å². The van der Waals surface area contributed by atoms with Gasteiger partial charge in [0.2, 0.25) is 0 Å². The van der Waals surface area contributed by atoms with Crippen LogP contribution in [0, 0.1) is 11.3 Å². The van der Waals surface area contributed by atoms with E-state index in [1.165, 1.54) is 0 Å². The Morgan fingerprint density at radius 3 is 1.83 bits per heavy atom. The maximum absolute atomic E-state index is 12.6. The van der Waals surface area contributed by atoms with E-state index < -0.39 is 35.2 Å². The molecule has 1 aromatic carbocycles. The predicted octanol–water partition coefficient (Wildman–Crippen LogP) is 2.08. The Morgan fingerprint density at radius 2 is 1.38 bits per heavy atom. The van der Waals surface area contributed by atoms with Gasteiger partial charge in [0.1, 0.15) is 0 Å². The summed E-state index contributed by atoms with van der Waals surface area (Å²) in [7, 11) is 0. The van der Waals surface area contributed by atoms with Gasteiger partial charge in [-0.05, 0) is 26.3 Å². The molecule has 0 saturated heterocycles. The third kappa shape index (κ3) is 2.88. The van der Waals surface area contributed by atoms with Gasteiger partial charge in [-0.15, -0.1) is 0 Å². The summed E-state index contributed by atoms with van der Waals surface area (Å²) < 4.78 is 15.3. The van der Waals surface area contributed by atoms with Gasteiger partial charge in [-0.2, -0.15) is 0 Å². The first-order valence-electron chi connectivity index (χ1n) is 8.11. The Kier molecular flexibility index (Phi) is 5.59. The maximum atomic E-state index is 12.6. The molecule has 24 heavy (non-hydrogen) atoms. The number of rotatable bonds is 7. The lowest BCUT2D eigenvalue weighted by atomic mass is 9.98. The highest BCUT2D eigenvalue weighted by Crippen LogP contribution is 2.66. The van der Waals surface area contributed by atoms with Crippen molar-refractivity contribution in [1.29, 1.82) is 0 Å². The highest BCUT2D eigenvalue weighted by atomic mass is 16.6. The highest BCUT2D eigenvalue weighted by Gasteiger charge is 2.80. The van der Waals surface area contributed by atoms with Gasteiger partial charge in [0, 0.05) is 5.92 Å². The molecule has 130 valence electrons. The van der Waals surface area contributed by atoms with Gasteiger partial charge in [0.25, 0.3) is 0 Å². The lowest BCUT2D eigenvalue weighted by Crippen LogP contribution is -2.34. The molecule has 0 heterocycles. The summed E-state index contributed by atoms with van der Waals surface area (Å²) in [5.74, 6) is -3.65. The number of carbonyl (C=O) groups excluding carboxylic acids is 3. The topological polar surface area (TPSA) is 78.9 Å². The molecule has 1 aromatic rings. The largest absolute Gasteiger partial charge is 0.466 e. The van der Waals surface area contributed by atoms with Gasteiger partial charge in [-0.1, -0.05) is 30.3 Å². The quantitative estimate of drug-likeness (QED) is 0.431. The van der Waals surface area contributed by atoms with E-state index in [4.69, 9.17) is 14.2 Å². The summed E-state index contributed by atoms with van der Waals surface area (Å²) in [6.45, 7) is 5.35. The average Bonchev–Trinajstić information content (AvgIpc) is 3.28. The zero-order valence-corrected chi connectivity index (χ0v) is 14.1. The first-order valence-corrected chi connectivity index (χ1v) is 8.11. The van der Waals surface area contributed by atoms with Crippen LogP contribution in [0.15, 0.2) is 30.3 Å². The Bertz CT molecular complexity index is 591. The Balaban J connectivity index is 2.49. The van der Waals surface area contributed by atoms with Crippen LogP contribution in [0.25, 0.3) is 0 Å². The van der Waals surface area contributed by atoms with Crippen LogP contribution in [0.3, 0.4) is 0 Å². The smallest absolute Gasteiger partial charge is 0.325 e. The normalized spacial score (nSPS) is 20.8. The van der Waals surface area contributed by atoms with Crippen LogP contribution in [-0.4, -0.2) is 37.7 Å². The Morgan fingerprint density at radius 1 is 0.875 bits per heavy atom. The van der Waals surface area contributed by atoms with Crippen molar-refractivity contribution in [1.82, 2.24) is 0 Å². The first kappa shape index (κ1) is 18.0. The highest BCUT2D eigenvalue weighted by molar-refractivity contribution is 6.11. The molecule has 0 radical (unpaired) electrons. The summed E-state index contributed by atoms with van der Waals surface area (Å²) in [6, 6.07) is 8.95. The van der Waals surface area contributed by atoms with Crippen molar-refractivity contribution in [2.45, 2.75) is 26.7 Å². The molecule has 1 aliphatic carbocycles. The van der Waals surface area contributed by atoms with Gasteiger partial charge in [-0.25, -0.2) is 0 Å². The number of esters is 3. The van der Waals surface area contributed by atoms with Crippen molar-refractivity contribution in [3.8, 4) is 0 Å². The molecule has 0 spiro atoms. The van der Waals surface area contributed by atoms with Crippen LogP contribution < -0.4 is 0 Å². The summed E-state index contributed by atoms with van der Waals surface area (Å²) in [5.41, 5.74) is -0.962. The van der Waals surface area contributed by atoms with E-state index in [9.17, 15) is 14.4 Å². The summed E-state index contributed by atoms with van der Waals surface area (Å²) in [4.78, 5) is 37.6. The zero-order chi connectivity index (χ0) is 17.7. The monoisotopic (exact) mass is 334 g/mol. The summed E-state index contributed by atoms with van der Waals surface area (Å²) in [6.07, 6.45) is 0. The molecule has 2 atom stereocenters. The third-order valence-electron chi connectivity index (χ3n) is 4.13. The van der Waals surface area contributed by atoms with Crippen molar-refractivity contribution < 1.29 is 28.6 Å². The molecule has 1 aliphatic rings. The van der Waals surface area contributed by atoms with Crippen LogP contribution in [-0.2, 0) is 28.6 Å². The first-order chi connectivity index (χ1) is 11.5. The van der Waals surface area contributed by atoms with Crippen LogP contribution in [0.1, 0.15) is 32.3 Å². The standard InChI is InChI=1S/C18H22O6/c1-4-22-15(19)14-13(12-10-8-7-9-11-12)18(14,16(20)23-5-2)17(21)24-6-3/h7-11,13-14H,4-6H2,1-3H3/t13-,14-/m0/s1. The molecule has 1 fully saturated rings. The van der Waals surface area contributed by atoms with Gasteiger partial charge < -0.3 is 14.2 Å². The van der Waals surface area contributed by atoms with Gasteiger partial charge in [-0.3, -0.25) is 14.4 Å². The molecule has 0 N–H and O–H groups in total. The van der Waals surface area contributed by atoms with E-state index in [1.54, 1.807) is 45.0 Å². The number of hydrogen-bond donors (Lipinski definition) is 0. The average molecular weight is 334 g/mol. The molecule has 6 nitrogen and oxygen atoms in total. The van der Waals surface area contributed by atoms with Crippen molar-refractivity contribution in [2.75, 3.05) is 19.8 Å². The van der Waals surface area contributed by atoms with E-state index in [1.807, 2.05) is 6.07 Å². The SMILES string of the molecule is CCOC(=O)[C@@H]1[C@H](c2ccccc2)C1(C(=O)OCC)C(=O)OCC. The molecule has 0 aromatic heterocycles. The number of benzene rings is 1. The third-order valence-corrected chi connectivity index (χ3v) is 4.13. The van der Waals surface area contributed by atoms with Crippen molar-refractivity contribution in [3.63, 3.8) is 0 Å². The van der Waals surface area contributed by atoms with Crippen molar-refractivity contribution >= 4 is 17.9 Å². The Hall–Kier alpha value is -2.37. The summed E-state index contributed by atoms with van der Waals surface area (Å²) in [5, 5.41) is 0. The van der Waals surface area contributed by atoms with Crippen molar-refractivity contribution in [2.24, 2.45) is 11.3 Å². The lowest BCUT2D eigenvalue weighted by Gasteiger charge is -2.15. The van der Waals surface area contributed by atoms with E-state index in [2.05, 4.69) is 0 Å². The molecule has 0 amide bonds. The van der Waals surface area contributed by atoms with Gasteiger partial charge >= 0.3 is 17.9 Å². The van der Waals surface area contributed by atoms with Crippen LogP contribution in [0.2, 0.25) is 0 Å². The maximum Gasteiger partial charge on any atom is 0.325 e. The lowest BCUT2D eigenvalue weighted by molar-refractivity contribution is -0.168. The molecule has 2 rings (SSSR count). The number of carbonyl (C=O) groups is 3. The molecule has 0 unspecified atom stereocenters. The van der Waals surface area contributed by atoms with Crippen LogP contribution in [0.4, 0.5) is 0 Å². The number of hydrogen-bond acceptors (Lipinski definition) is 6. The van der Waals surface area contributed by atoms with E-state index in [0.29, 0.717) is 5.56 Å². The molecular formula is C18H22O6. The number of ether oxygens (including phenoxy) is 3. The minimum atomic E-state index is -1.67. The molecular weight excluding hydrogens is 312 g/mol. The van der Waals surface area contributed by atoms with Gasteiger partial charge in [0.15, 0.2) is 5.41 Å². The fraction of sp³-hybridized carbons (Fsp3) is 0.500. The molecule has 6 heteroatoms.